The summed E-state index contributed by atoms with van der Waals surface area (Å²) in [4.78, 5) is 0. The predicted octanol–water partition coefficient (Wildman–Crippen LogP) is 6.92. The number of hydrogen-bond donors (Lipinski definition) is 0. The van der Waals surface area contributed by atoms with Crippen molar-refractivity contribution < 1.29 is 13.2 Å². The molecule has 1 fully saturated rings. The first kappa shape index (κ1) is 18.0. The summed E-state index contributed by atoms with van der Waals surface area (Å²) in [6.45, 7) is 2.26. The van der Waals surface area contributed by atoms with Gasteiger partial charge in [-0.15, -0.1) is 0 Å². The van der Waals surface area contributed by atoms with Gasteiger partial charge in [0.15, 0.2) is 0 Å². The zero-order valence-corrected chi connectivity index (χ0v) is 14.7. The van der Waals surface area contributed by atoms with Crippen molar-refractivity contribution in [3.63, 3.8) is 0 Å². The van der Waals surface area contributed by atoms with Gasteiger partial charge >= 0.3 is 0 Å². The fourth-order valence-electron chi connectivity index (χ4n) is 3.96. The maximum Gasteiger partial charge on any atom is 0.131 e. The van der Waals surface area contributed by atoms with Crippen LogP contribution in [0, 0.1) is 29.3 Å². The highest BCUT2D eigenvalue weighted by Gasteiger charge is 2.19. The van der Waals surface area contributed by atoms with E-state index in [1.165, 1.54) is 38.2 Å². The van der Waals surface area contributed by atoms with E-state index in [-0.39, 0.29) is 11.1 Å². The first-order valence-electron chi connectivity index (χ1n) is 9.30. The van der Waals surface area contributed by atoms with Crippen LogP contribution in [-0.4, -0.2) is 0 Å². The minimum Gasteiger partial charge on any atom is -0.207 e. The summed E-state index contributed by atoms with van der Waals surface area (Å²) in [6.07, 6.45) is 8.42. The van der Waals surface area contributed by atoms with E-state index >= 15 is 0 Å². The molecule has 0 heterocycles. The third-order valence-electron chi connectivity index (χ3n) is 5.59. The summed E-state index contributed by atoms with van der Waals surface area (Å²) in [7, 11) is 0. The maximum absolute atomic E-state index is 14.4. The van der Waals surface area contributed by atoms with Crippen LogP contribution in [0.15, 0.2) is 36.4 Å². The highest BCUT2D eigenvalue weighted by Crippen LogP contribution is 2.33. The quantitative estimate of drug-likeness (QED) is 0.551. The van der Waals surface area contributed by atoms with Crippen LogP contribution in [0.4, 0.5) is 13.2 Å². The molecule has 2 aromatic carbocycles. The molecular formula is C22H25F3. The standard InChI is InChI=1S/C22H25F3/c1-2-15-3-5-16(6-4-15)7-8-17-9-10-21(22(25)11-17)18-12-19(23)14-20(24)13-18/h9-16H,2-8H2,1H3. The van der Waals surface area contributed by atoms with E-state index in [0.29, 0.717) is 0 Å². The molecule has 2 aromatic rings. The van der Waals surface area contributed by atoms with Crippen LogP contribution in [-0.2, 0) is 6.42 Å². The monoisotopic (exact) mass is 346 g/mol. The normalized spacial score (nSPS) is 20.6. The predicted molar refractivity (Wildman–Crippen MR) is 95.8 cm³/mol. The van der Waals surface area contributed by atoms with Gasteiger partial charge in [0.2, 0.25) is 0 Å². The first-order chi connectivity index (χ1) is 12.0. The van der Waals surface area contributed by atoms with E-state index in [9.17, 15) is 13.2 Å². The molecule has 3 heteroatoms. The summed E-state index contributed by atoms with van der Waals surface area (Å²) >= 11 is 0. The third kappa shape index (κ3) is 4.65. The van der Waals surface area contributed by atoms with Gasteiger partial charge in [-0.25, -0.2) is 13.2 Å². The summed E-state index contributed by atoms with van der Waals surface area (Å²) < 4.78 is 41.1. The number of hydrogen-bond acceptors (Lipinski definition) is 0. The molecule has 0 nitrogen and oxygen atoms in total. The molecule has 0 unspecified atom stereocenters. The molecular weight excluding hydrogens is 321 g/mol. The first-order valence-corrected chi connectivity index (χ1v) is 9.30. The molecule has 3 rings (SSSR count). The lowest BCUT2D eigenvalue weighted by atomic mass is 9.78. The number of rotatable bonds is 5. The summed E-state index contributed by atoms with van der Waals surface area (Å²) in [6, 6.07) is 8.13. The minimum absolute atomic E-state index is 0.236. The molecule has 0 aliphatic heterocycles. The van der Waals surface area contributed by atoms with Gasteiger partial charge in [0.25, 0.3) is 0 Å². The van der Waals surface area contributed by atoms with Gasteiger partial charge in [0, 0.05) is 11.6 Å². The van der Waals surface area contributed by atoms with Crippen molar-refractivity contribution in [3.8, 4) is 11.1 Å². The molecule has 1 aliphatic carbocycles. The third-order valence-corrected chi connectivity index (χ3v) is 5.59. The van der Waals surface area contributed by atoms with Gasteiger partial charge < -0.3 is 0 Å². The molecule has 25 heavy (non-hydrogen) atoms. The summed E-state index contributed by atoms with van der Waals surface area (Å²) in [5, 5.41) is 0. The number of halogens is 3. The molecule has 0 N–H and O–H groups in total. The van der Waals surface area contributed by atoms with Gasteiger partial charge in [0.1, 0.15) is 17.5 Å². The van der Waals surface area contributed by atoms with E-state index in [1.54, 1.807) is 6.07 Å². The molecule has 0 bridgehead atoms. The van der Waals surface area contributed by atoms with Crippen LogP contribution in [0.1, 0.15) is 51.0 Å². The Kier molecular flexibility index (Phi) is 5.82. The van der Waals surface area contributed by atoms with Crippen molar-refractivity contribution in [2.75, 3.05) is 0 Å². The van der Waals surface area contributed by atoms with E-state index in [1.807, 2.05) is 6.07 Å². The lowest BCUT2D eigenvalue weighted by Crippen LogP contribution is -2.14. The van der Waals surface area contributed by atoms with Crippen molar-refractivity contribution in [1.82, 2.24) is 0 Å². The van der Waals surface area contributed by atoms with Crippen LogP contribution >= 0.6 is 0 Å². The Hall–Kier alpha value is -1.77. The SMILES string of the molecule is CCC1CCC(CCc2ccc(-c3cc(F)cc(F)c3)c(F)c2)CC1. The maximum atomic E-state index is 14.4. The molecule has 0 saturated heterocycles. The molecule has 1 aliphatic rings. The Morgan fingerprint density at radius 3 is 2.08 bits per heavy atom. The Morgan fingerprint density at radius 2 is 1.48 bits per heavy atom. The Balaban J connectivity index is 1.64. The van der Waals surface area contributed by atoms with E-state index < -0.39 is 17.5 Å². The molecule has 134 valence electrons. The highest BCUT2D eigenvalue weighted by atomic mass is 19.1. The van der Waals surface area contributed by atoms with Crippen LogP contribution in [0.3, 0.4) is 0 Å². The highest BCUT2D eigenvalue weighted by molar-refractivity contribution is 5.64. The van der Waals surface area contributed by atoms with Gasteiger partial charge in [-0.2, -0.15) is 0 Å². The number of aryl methyl sites for hydroxylation is 1. The average molecular weight is 346 g/mol. The smallest absolute Gasteiger partial charge is 0.131 e. The molecule has 1 saturated carbocycles. The van der Waals surface area contributed by atoms with Crippen LogP contribution in [0.2, 0.25) is 0 Å². The second-order valence-electron chi connectivity index (χ2n) is 7.31. The zero-order valence-electron chi connectivity index (χ0n) is 14.7. The van der Waals surface area contributed by atoms with Crippen LogP contribution in [0.25, 0.3) is 11.1 Å². The van der Waals surface area contributed by atoms with Crippen LogP contribution in [0.5, 0.6) is 0 Å². The second kappa shape index (κ2) is 8.07. The van der Waals surface area contributed by atoms with Crippen LogP contribution < -0.4 is 0 Å². The zero-order chi connectivity index (χ0) is 17.8. The molecule has 0 radical (unpaired) electrons. The average Bonchev–Trinajstić information content (AvgIpc) is 2.59. The van der Waals surface area contributed by atoms with Gasteiger partial charge in [0.05, 0.1) is 0 Å². The molecule has 0 aromatic heterocycles. The Bertz CT molecular complexity index is 695. The van der Waals surface area contributed by atoms with Crippen molar-refractivity contribution in [3.05, 3.63) is 59.4 Å². The lowest BCUT2D eigenvalue weighted by molar-refractivity contribution is 0.259. The van der Waals surface area contributed by atoms with Crippen molar-refractivity contribution in [2.45, 2.75) is 51.9 Å². The van der Waals surface area contributed by atoms with E-state index in [0.717, 1.165) is 48.4 Å². The Labute approximate surface area is 148 Å². The van der Waals surface area contributed by atoms with Gasteiger partial charge in [-0.3, -0.25) is 0 Å². The topological polar surface area (TPSA) is 0 Å². The molecule has 0 spiro atoms. The summed E-state index contributed by atoms with van der Waals surface area (Å²) in [5.41, 5.74) is 1.43. The molecule has 0 amide bonds. The lowest BCUT2D eigenvalue weighted by Gasteiger charge is -2.27. The van der Waals surface area contributed by atoms with Gasteiger partial charge in [-0.1, -0.05) is 51.2 Å². The largest absolute Gasteiger partial charge is 0.207 e. The minimum atomic E-state index is -0.693. The number of benzene rings is 2. The van der Waals surface area contributed by atoms with E-state index in [2.05, 4.69) is 6.92 Å². The van der Waals surface area contributed by atoms with Crippen molar-refractivity contribution in [2.24, 2.45) is 11.8 Å². The van der Waals surface area contributed by atoms with Crippen molar-refractivity contribution in [1.29, 1.82) is 0 Å². The summed E-state index contributed by atoms with van der Waals surface area (Å²) in [5.74, 6) is -0.179. The fraction of sp³-hybridized carbons (Fsp3) is 0.455. The van der Waals surface area contributed by atoms with E-state index in [4.69, 9.17) is 0 Å². The fourth-order valence-corrected chi connectivity index (χ4v) is 3.96. The van der Waals surface area contributed by atoms with Gasteiger partial charge in [-0.05, 0) is 54.0 Å². The van der Waals surface area contributed by atoms with Crippen molar-refractivity contribution >= 4 is 0 Å². The molecule has 0 atom stereocenters. The Morgan fingerprint density at radius 1 is 0.840 bits per heavy atom. The second-order valence-corrected chi connectivity index (χ2v) is 7.31.